The van der Waals surface area contributed by atoms with Gasteiger partial charge in [-0.05, 0) is 6.42 Å². The van der Waals surface area contributed by atoms with E-state index in [9.17, 15) is 4.79 Å². The molecule has 13 heavy (non-hydrogen) atoms. The van der Waals surface area contributed by atoms with E-state index < -0.39 is 0 Å². The van der Waals surface area contributed by atoms with Crippen molar-refractivity contribution < 1.29 is 4.79 Å². The van der Waals surface area contributed by atoms with Gasteiger partial charge in [0.25, 0.3) is 0 Å². The first kappa shape index (κ1) is 9.44. The van der Waals surface area contributed by atoms with E-state index in [0.29, 0.717) is 17.9 Å². The highest BCUT2D eigenvalue weighted by Crippen LogP contribution is 2.15. The minimum Gasteiger partial charge on any atom is -0.394 e. The number of carbonyl (C=O) groups is 1. The summed E-state index contributed by atoms with van der Waals surface area (Å²) < 4.78 is 0. The fourth-order valence-electron chi connectivity index (χ4n) is 1.13. The van der Waals surface area contributed by atoms with Crippen molar-refractivity contribution in [3.8, 4) is 0 Å². The second-order valence-corrected chi connectivity index (χ2v) is 2.86. The van der Waals surface area contributed by atoms with E-state index in [-0.39, 0.29) is 11.9 Å². The molecule has 0 spiro atoms. The first-order valence-electron chi connectivity index (χ1n) is 4.11. The van der Waals surface area contributed by atoms with Gasteiger partial charge in [-0.2, -0.15) is 0 Å². The molecule has 0 atom stereocenters. The Hall–Kier alpha value is -1.65. The molecule has 5 N–H and O–H groups in total. The fraction of sp³-hybridized carbons (Fsp3) is 0.375. The number of amides is 2. The Morgan fingerprint density at radius 2 is 2.15 bits per heavy atom. The van der Waals surface area contributed by atoms with Crippen LogP contribution in [0.4, 0.5) is 4.79 Å². The van der Waals surface area contributed by atoms with Crippen molar-refractivity contribution in [3.05, 3.63) is 23.8 Å². The van der Waals surface area contributed by atoms with E-state index in [2.05, 4.69) is 11.9 Å². The van der Waals surface area contributed by atoms with Crippen LogP contribution >= 0.6 is 0 Å². The van der Waals surface area contributed by atoms with Crippen molar-refractivity contribution >= 4 is 6.03 Å². The zero-order valence-electron chi connectivity index (χ0n) is 7.63. The minimum atomic E-state index is -0.265. The van der Waals surface area contributed by atoms with Crippen LogP contribution in [0.3, 0.4) is 0 Å². The predicted octanol–water partition coefficient (Wildman–Crippen LogP) is 0.0218. The molecule has 1 rings (SSSR count). The van der Waals surface area contributed by atoms with Gasteiger partial charge in [0.15, 0.2) is 0 Å². The quantitative estimate of drug-likeness (QED) is 0.563. The summed E-state index contributed by atoms with van der Waals surface area (Å²) in [5, 5.41) is 2.45. The molecular formula is C8H14N4O. The normalized spacial score (nSPS) is 17.8. The number of urea groups is 1. The average molecular weight is 182 g/mol. The lowest BCUT2D eigenvalue weighted by molar-refractivity contribution is 0.211. The van der Waals surface area contributed by atoms with Crippen LogP contribution in [0.1, 0.15) is 13.3 Å². The summed E-state index contributed by atoms with van der Waals surface area (Å²) in [6.45, 7) is 6.26. The summed E-state index contributed by atoms with van der Waals surface area (Å²) in [5.41, 5.74) is 11.9. The van der Waals surface area contributed by atoms with Crippen LogP contribution in [-0.2, 0) is 0 Å². The predicted molar refractivity (Wildman–Crippen MR) is 50.1 cm³/mol. The molecule has 0 fully saturated rings. The molecule has 0 radical (unpaired) electrons. The standard InChI is InChI=1S/C8H14N4O/c1-3-4-12-5(2)6(9)7(10)11-8(12)13/h2-4,9-10H2,1H3,(H,11,13). The summed E-state index contributed by atoms with van der Waals surface area (Å²) in [7, 11) is 0. The smallest absolute Gasteiger partial charge is 0.327 e. The monoisotopic (exact) mass is 182 g/mol. The van der Waals surface area contributed by atoms with Gasteiger partial charge in [0.1, 0.15) is 5.82 Å². The molecule has 0 bridgehead atoms. The van der Waals surface area contributed by atoms with Gasteiger partial charge in [0.2, 0.25) is 0 Å². The molecule has 0 aromatic rings. The number of nitrogens with zero attached hydrogens (tertiary/aromatic N) is 1. The largest absolute Gasteiger partial charge is 0.394 e. The Balaban J connectivity index is 2.91. The molecule has 5 heteroatoms. The highest BCUT2D eigenvalue weighted by Gasteiger charge is 2.24. The van der Waals surface area contributed by atoms with E-state index in [1.165, 1.54) is 4.90 Å². The third-order valence-corrected chi connectivity index (χ3v) is 1.86. The van der Waals surface area contributed by atoms with E-state index in [4.69, 9.17) is 11.5 Å². The van der Waals surface area contributed by atoms with Crippen LogP contribution in [0, 0.1) is 0 Å². The molecule has 0 aromatic carbocycles. The summed E-state index contributed by atoms with van der Waals surface area (Å²) in [5.74, 6) is 0.183. The van der Waals surface area contributed by atoms with E-state index in [1.807, 2.05) is 6.92 Å². The lowest BCUT2D eigenvalue weighted by Crippen LogP contribution is -2.47. The molecule has 0 aromatic heterocycles. The molecule has 1 heterocycles. The van der Waals surface area contributed by atoms with Gasteiger partial charge in [-0.1, -0.05) is 13.5 Å². The molecular weight excluding hydrogens is 168 g/mol. The Bertz CT molecular complexity index is 282. The minimum absolute atomic E-state index is 0.183. The second kappa shape index (κ2) is 3.38. The molecule has 0 saturated carbocycles. The van der Waals surface area contributed by atoms with Crippen molar-refractivity contribution in [2.45, 2.75) is 13.3 Å². The van der Waals surface area contributed by atoms with Crippen LogP contribution in [-0.4, -0.2) is 17.5 Å². The zero-order valence-corrected chi connectivity index (χ0v) is 7.63. The first-order valence-corrected chi connectivity index (χ1v) is 4.11. The molecule has 0 saturated heterocycles. The van der Waals surface area contributed by atoms with Gasteiger partial charge in [0, 0.05) is 6.54 Å². The van der Waals surface area contributed by atoms with Gasteiger partial charge in [-0.3, -0.25) is 10.2 Å². The van der Waals surface area contributed by atoms with Crippen LogP contribution in [0.25, 0.3) is 0 Å². The average Bonchev–Trinajstić information content (AvgIpc) is 2.09. The summed E-state index contributed by atoms with van der Waals surface area (Å²) in [6, 6.07) is -0.265. The topological polar surface area (TPSA) is 84.4 Å². The molecule has 0 aliphatic carbocycles. The lowest BCUT2D eigenvalue weighted by atomic mass is 10.2. The molecule has 2 amide bonds. The number of nitrogens with one attached hydrogen (secondary N) is 1. The van der Waals surface area contributed by atoms with Crippen molar-refractivity contribution in [2.75, 3.05) is 6.54 Å². The second-order valence-electron chi connectivity index (χ2n) is 2.86. The Morgan fingerprint density at radius 3 is 2.69 bits per heavy atom. The molecule has 1 aliphatic heterocycles. The third kappa shape index (κ3) is 1.58. The maximum absolute atomic E-state index is 11.3. The summed E-state index contributed by atoms with van der Waals surface area (Å²) >= 11 is 0. The lowest BCUT2D eigenvalue weighted by Gasteiger charge is -2.29. The third-order valence-electron chi connectivity index (χ3n) is 1.86. The van der Waals surface area contributed by atoms with Gasteiger partial charge >= 0.3 is 6.03 Å². The molecule has 72 valence electrons. The van der Waals surface area contributed by atoms with E-state index in [0.717, 1.165) is 6.42 Å². The van der Waals surface area contributed by atoms with Gasteiger partial charge in [0.05, 0.1) is 11.4 Å². The maximum atomic E-state index is 11.3. The van der Waals surface area contributed by atoms with Crippen molar-refractivity contribution in [1.82, 2.24) is 10.2 Å². The van der Waals surface area contributed by atoms with Crippen LogP contribution in [0.5, 0.6) is 0 Å². The highest BCUT2D eigenvalue weighted by atomic mass is 16.2. The van der Waals surface area contributed by atoms with Crippen LogP contribution in [0.2, 0.25) is 0 Å². The Labute approximate surface area is 77.1 Å². The van der Waals surface area contributed by atoms with Gasteiger partial charge < -0.3 is 11.5 Å². The molecule has 0 unspecified atom stereocenters. The van der Waals surface area contributed by atoms with Gasteiger partial charge in [-0.15, -0.1) is 0 Å². The Kier molecular flexibility index (Phi) is 2.46. The number of hydrogen-bond donors (Lipinski definition) is 3. The summed E-state index contributed by atoms with van der Waals surface area (Å²) in [6.07, 6.45) is 0.847. The SMILES string of the molecule is C=C1C(N)=C(N)NC(=O)N1CCC. The highest BCUT2D eigenvalue weighted by molar-refractivity contribution is 5.81. The number of nitrogens with two attached hydrogens (primary N) is 2. The first-order chi connectivity index (χ1) is 6.07. The summed E-state index contributed by atoms with van der Waals surface area (Å²) in [4.78, 5) is 12.8. The van der Waals surface area contributed by atoms with Crippen LogP contribution in [0.15, 0.2) is 23.8 Å². The van der Waals surface area contributed by atoms with Gasteiger partial charge in [-0.25, -0.2) is 4.79 Å². The van der Waals surface area contributed by atoms with E-state index >= 15 is 0 Å². The maximum Gasteiger partial charge on any atom is 0.327 e. The van der Waals surface area contributed by atoms with Crippen molar-refractivity contribution in [3.63, 3.8) is 0 Å². The number of rotatable bonds is 2. The number of carbonyl (C=O) groups excluding carboxylic acids is 1. The van der Waals surface area contributed by atoms with E-state index in [1.54, 1.807) is 0 Å². The number of hydrogen-bond acceptors (Lipinski definition) is 3. The molecule has 1 aliphatic rings. The van der Waals surface area contributed by atoms with Crippen molar-refractivity contribution in [2.24, 2.45) is 11.5 Å². The van der Waals surface area contributed by atoms with Crippen molar-refractivity contribution in [1.29, 1.82) is 0 Å². The fourth-order valence-corrected chi connectivity index (χ4v) is 1.13. The van der Waals surface area contributed by atoms with Crippen LogP contribution < -0.4 is 16.8 Å². The molecule has 5 nitrogen and oxygen atoms in total. The Morgan fingerprint density at radius 1 is 1.54 bits per heavy atom. The zero-order chi connectivity index (χ0) is 10.0.